The number of benzene rings is 2. The van der Waals surface area contributed by atoms with Gasteiger partial charge in [-0.3, -0.25) is 9.69 Å². The number of hydrogen-bond acceptors (Lipinski definition) is 4. The normalized spacial score (nSPS) is 18.9. The number of carboxylic acid groups (broad SMARTS) is 1. The van der Waals surface area contributed by atoms with E-state index >= 15 is 0 Å². The molecule has 0 radical (unpaired) electrons. The van der Waals surface area contributed by atoms with Crippen LogP contribution in [0.3, 0.4) is 0 Å². The minimum absolute atomic E-state index is 0.101. The summed E-state index contributed by atoms with van der Waals surface area (Å²) in [6.07, 6.45) is 11.1. The Morgan fingerprint density at radius 3 is 2.50 bits per heavy atom. The lowest BCUT2D eigenvalue weighted by Crippen LogP contribution is -2.28. The van der Waals surface area contributed by atoms with Gasteiger partial charge >= 0.3 is 5.97 Å². The number of aromatic nitrogens is 1. The summed E-state index contributed by atoms with van der Waals surface area (Å²) >= 11 is 1.37. The van der Waals surface area contributed by atoms with E-state index in [4.69, 9.17) is 10.1 Å². The molecule has 1 aliphatic carbocycles. The van der Waals surface area contributed by atoms with Crippen LogP contribution in [0.4, 0.5) is 5.69 Å². The SMILES string of the molecule is O=C(O)c1ccc(CN2C(=O)/C(=C\c3ccn(C4CCCC4)c3)SC2=Nc2ccccc2)cc1. The number of nitrogens with zero attached hydrogens (tertiary/aromatic N) is 3. The van der Waals surface area contributed by atoms with Gasteiger partial charge in [0.05, 0.1) is 22.7 Å². The predicted molar refractivity (Wildman–Crippen MR) is 135 cm³/mol. The van der Waals surface area contributed by atoms with Gasteiger partial charge < -0.3 is 9.67 Å². The van der Waals surface area contributed by atoms with E-state index in [0.29, 0.717) is 22.7 Å². The Labute approximate surface area is 202 Å². The predicted octanol–water partition coefficient (Wildman–Crippen LogP) is 6.11. The summed E-state index contributed by atoms with van der Waals surface area (Å²) in [5.74, 6) is -1.07. The molecule has 5 rings (SSSR count). The summed E-state index contributed by atoms with van der Waals surface area (Å²) in [4.78, 5) is 31.6. The first-order valence-corrected chi connectivity index (χ1v) is 12.2. The van der Waals surface area contributed by atoms with Crippen LogP contribution in [0.15, 0.2) is 83.0 Å². The molecule has 0 atom stereocenters. The van der Waals surface area contributed by atoms with E-state index in [2.05, 4.69) is 23.0 Å². The van der Waals surface area contributed by atoms with Crippen molar-refractivity contribution in [1.82, 2.24) is 9.47 Å². The van der Waals surface area contributed by atoms with Gasteiger partial charge in [-0.25, -0.2) is 9.79 Å². The standard InChI is InChI=1S/C27H25N3O3S/c31-25-24(16-20-14-15-29(17-20)23-8-4-5-9-23)34-27(28-22-6-2-1-3-7-22)30(25)18-19-10-12-21(13-11-19)26(32)33/h1-3,6-7,10-17,23H,4-5,8-9,18H2,(H,32,33)/b24-16+,28-27?. The smallest absolute Gasteiger partial charge is 0.335 e. The Bertz CT molecular complexity index is 1260. The lowest BCUT2D eigenvalue weighted by Gasteiger charge is -2.16. The fourth-order valence-electron chi connectivity index (χ4n) is 4.38. The molecule has 2 aromatic carbocycles. The first-order valence-electron chi connectivity index (χ1n) is 11.4. The van der Waals surface area contributed by atoms with Crippen molar-refractivity contribution in [2.24, 2.45) is 4.99 Å². The Morgan fingerprint density at radius 2 is 1.79 bits per heavy atom. The van der Waals surface area contributed by atoms with Gasteiger partial charge in [0.2, 0.25) is 0 Å². The Balaban J connectivity index is 1.43. The lowest BCUT2D eigenvalue weighted by atomic mass is 10.1. The number of amides is 1. The van der Waals surface area contributed by atoms with Crippen molar-refractivity contribution >= 4 is 40.6 Å². The highest BCUT2D eigenvalue weighted by molar-refractivity contribution is 8.18. The number of hydrogen-bond donors (Lipinski definition) is 1. The summed E-state index contributed by atoms with van der Waals surface area (Å²) in [7, 11) is 0. The Hall–Kier alpha value is -3.58. The number of para-hydroxylation sites is 1. The Morgan fingerprint density at radius 1 is 1.06 bits per heavy atom. The topological polar surface area (TPSA) is 74.9 Å². The molecule has 172 valence electrons. The zero-order valence-electron chi connectivity index (χ0n) is 18.6. The van der Waals surface area contributed by atoms with Crippen molar-refractivity contribution in [3.8, 4) is 0 Å². The van der Waals surface area contributed by atoms with Crippen LogP contribution in [0, 0.1) is 0 Å². The summed E-state index contributed by atoms with van der Waals surface area (Å²) in [6, 6.07) is 18.8. The second-order valence-corrected chi connectivity index (χ2v) is 9.57. The number of carbonyl (C=O) groups excluding carboxylic acids is 1. The highest BCUT2D eigenvalue weighted by Gasteiger charge is 2.33. The quantitative estimate of drug-likeness (QED) is 0.441. The lowest BCUT2D eigenvalue weighted by molar-refractivity contribution is -0.122. The van der Waals surface area contributed by atoms with Gasteiger partial charge in [-0.2, -0.15) is 0 Å². The number of aromatic carboxylic acids is 1. The molecular weight excluding hydrogens is 446 g/mol. The molecule has 0 bridgehead atoms. The van der Waals surface area contributed by atoms with Crippen LogP contribution in [0.1, 0.15) is 53.2 Å². The molecule has 2 fully saturated rings. The molecule has 1 saturated carbocycles. The van der Waals surface area contributed by atoms with E-state index in [0.717, 1.165) is 16.8 Å². The first-order chi connectivity index (χ1) is 16.6. The van der Waals surface area contributed by atoms with Gasteiger partial charge in [0.1, 0.15) is 0 Å². The van der Waals surface area contributed by atoms with Crippen LogP contribution >= 0.6 is 11.8 Å². The first kappa shape index (κ1) is 22.2. The van der Waals surface area contributed by atoms with Crippen LogP contribution in [0.25, 0.3) is 6.08 Å². The zero-order valence-corrected chi connectivity index (χ0v) is 19.4. The molecule has 2 heterocycles. The fraction of sp³-hybridized carbons (Fsp3) is 0.222. The Kier molecular flexibility index (Phi) is 6.36. The molecule has 1 amide bonds. The van der Waals surface area contributed by atoms with Gasteiger partial charge in [-0.05, 0) is 72.1 Å². The number of carbonyl (C=O) groups is 2. The largest absolute Gasteiger partial charge is 0.478 e. The molecule has 0 unspecified atom stereocenters. The molecule has 2 aliphatic rings. The second-order valence-electron chi connectivity index (χ2n) is 8.56. The molecule has 1 aliphatic heterocycles. The summed E-state index contributed by atoms with van der Waals surface area (Å²) in [5.41, 5.74) is 2.84. The maximum atomic E-state index is 13.4. The van der Waals surface area contributed by atoms with Crippen molar-refractivity contribution in [1.29, 1.82) is 0 Å². The maximum absolute atomic E-state index is 13.4. The van der Waals surface area contributed by atoms with E-state index in [1.54, 1.807) is 29.2 Å². The summed E-state index contributed by atoms with van der Waals surface area (Å²) < 4.78 is 2.27. The number of aliphatic imine (C=N–C) groups is 1. The van der Waals surface area contributed by atoms with E-state index in [-0.39, 0.29) is 11.5 Å². The maximum Gasteiger partial charge on any atom is 0.335 e. The summed E-state index contributed by atoms with van der Waals surface area (Å²) in [6.45, 7) is 0.317. The minimum Gasteiger partial charge on any atom is -0.478 e. The van der Waals surface area contributed by atoms with Crippen LogP contribution in [-0.2, 0) is 11.3 Å². The molecule has 1 N–H and O–H groups in total. The van der Waals surface area contributed by atoms with Crippen LogP contribution < -0.4 is 0 Å². The number of thioether (sulfide) groups is 1. The monoisotopic (exact) mass is 471 g/mol. The van der Waals surface area contributed by atoms with Gasteiger partial charge in [-0.15, -0.1) is 0 Å². The average Bonchev–Trinajstić information content (AvgIpc) is 3.59. The van der Waals surface area contributed by atoms with Crippen LogP contribution in [-0.4, -0.2) is 31.6 Å². The van der Waals surface area contributed by atoms with E-state index in [1.165, 1.54) is 37.4 Å². The minimum atomic E-state index is -0.972. The highest BCUT2D eigenvalue weighted by Crippen LogP contribution is 2.36. The van der Waals surface area contributed by atoms with Crippen LogP contribution in [0.5, 0.6) is 0 Å². The average molecular weight is 472 g/mol. The summed E-state index contributed by atoms with van der Waals surface area (Å²) in [5, 5.41) is 9.77. The van der Waals surface area contributed by atoms with Crippen molar-refractivity contribution in [2.75, 3.05) is 0 Å². The third-order valence-electron chi connectivity index (χ3n) is 6.19. The van der Waals surface area contributed by atoms with E-state index in [9.17, 15) is 9.59 Å². The number of amidine groups is 1. The van der Waals surface area contributed by atoms with Gasteiger partial charge in [0, 0.05) is 18.4 Å². The van der Waals surface area contributed by atoms with Crippen molar-refractivity contribution in [3.63, 3.8) is 0 Å². The molecule has 0 spiro atoms. The van der Waals surface area contributed by atoms with Gasteiger partial charge in [0.15, 0.2) is 5.17 Å². The molecule has 6 nitrogen and oxygen atoms in total. The molecule has 1 saturated heterocycles. The van der Waals surface area contributed by atoms with Crippen molar-refractivity contribution in [3.05, 3.63) is 94.7 Å². The molecule has 7 heteroatoms. The van der Waals surface area contributed by atoms with Gasteiger partial charge in [-0.1, -0.05) is 43.2 Å². The fourth-order valence-corrected chi connectivity index (χ4v) is 5.37. The zero-order chi connectivity index (χ0) is 23.5. The second kappa shape index (κ2) is 9.73. The third kappa shape index (κ3) is 4.84. The van der Waals surface area contributed by atoms with Gasteiger partial charge in [0.25, 0.3) is 5.91 Å². The third-order valence-corrected chi connectivity index (χ3v) is 7.20. The van der Waals surface area contributed by atoms with Crippen molar-refractivity contribution in [2.45, 2.75) is 38.3 Å². The molecule has 1 aromatic heterocycles. The van der Waals surface area contributed by atoms with Crippen molar-refractivity contribution < 1.29 is 14.7 Å². The number of rotatable bonds is 6. The molecule has 34 heavy (non-hydrogen) atoms. The molecular formula is C27H25N3O3S. The molecule has 3 aromatic rings. The highest BCUT2D eigenvalue weighted by atomic mass is 32.2. The van der Waals surface area contributed by atoms with Crippen LogP contribution in [0.2, 0.25) is 0 Å². The number of carboxylic acids is 1. The van der Waals surface area contributed by atoms with E-state index < -0.39 is 5.97 Å². The van der Waals surface area contributed by atoms with E-state index in [1.807, 2.05) is 36.4 Å².